The SMILES string of the molecule is Cc1ccc(S(=O)(=O)N(CC(=O)N/N=C/c2ccc(Cl)c(Cl)c2)Cc2ccc(Cl)cc2)cc1. The molecule has 0 bridgehead atoms. The molecule has 0 aromatic heterocycles. The van der Waals surface area contributed by atoms with Gasteiger partial charge in [-0.05, 0) is 54.4 Å². The molecule has 0 saturated carbocycles. The number of nitrogens with one attached hydrogen (secondary N) is 1. The summed E-state index contributed by atoms with van der Waals surface area (Å²) >= 11 is 17.8. The van der Waals surface area contributed by atoms with E-state index in [1.165, 1.54) is 18.3 Å². The van der Waals surface area contributed by atoms with Crippen LogP contribution in [0.15, 0.2) is 76.7 Å². The van der Waals surface area contributed by atoms with Crippen LogP contribution >= 0.6 is 34.8 Å². The van der Waals surface area contributed by atoms with Gasteiger partial charge in [0.15, 0.2) is 0 Å². The summed E-state index contributed by atoms with van der Waals surface area (Å²) in [5, 5.41) is 5.17. The molecule has 6 nitrogen and oxygen atoms in total. The average Bonchev–Trinajstić information content (AvgIpc) is 2.77. The quantitative estimate of drug-likeness (QED) is 0.321. The lowest BCUT2D eigenvalue weighted by Gasteiger charge is -2.21. The Hall–Kier alpha value is -2.42. The Kier molecular flexibility index (Phi) is 8.51. The van der Waals surface area contributed by atoms with Gasteiger partial charge in [-0.2, -0.15) is 9.41 Å². The second-order valence-corrected chi connectivity index (χ2v) is 10.4. The number of benzene rings is 3. The Morgan fingerprint density at radius 2 is 1.64 bits per heavy atom. The smallest absolute Gasteiger partial charge is 0.255 e. The number of rotatable bonds is 8. The van der Waals surface area contributed by atoms with Crippen LogP contribution < -0.4 is 5.43 Å². The lowest BCUT2D eigenvalue weighted by molar-refractivity contribution is -0.121. The second-order valence-electron chi connectivity index (χ2n) is 7.18. The minimum atomic E-state index is -3.95. The number of amides is 1. The van der Waals surface area contributed by atoms with Crippen molar-refractivity contribution in [3.63, 3.8) is 0 Å². The first-order chi connectivity index (χ1) is 15.6. The molecule has 3 rings (SSSR count). The Bertz CT molecular complexity index is 1260. The van der Waals surface area contributed by atoms with Crippen molar-refractivity contribution in [1.82, 2.24) is 9.73 Å². The number of hydrogen-bond donors (Lipinski definition) is 1. The Morgan fingerprint density at radius 1 is 0.970 bits per heavy atom. The summed E-state index contributed by atoms with van der Waals surface area (Å²) in [4.78, 5) is 12.6. The highest BCUT2D eigenvalue weighted by Gasteiger charge is 2.27. The van der Waals surface area contributed by atoms with Crippen LogP contribution in [0.25, 0.3) is 0 Å². The Labute approximate surface area is 207 Å². The minimum Gasteiger partial charge on any atom is -0.272 e. The normalized spacial score (nSPS) is 11.8. The summed E-state index contributed by atoms with van der Waals surface area (Å²) in [5.41, 5.74) is 4.58. The molecule has 0 spiro atoms. The van der Waals surface area contributed by atoms with Crippen LogP contribution in [-0.4, -0.2) is 31.4 Å². The molecule has 0 radical (unpaired) electrons. The predicted molar refractivity (Wildman–Crippen MR) is 132 cm³/mol. The molecule has 3 aromatic carbocycles. The molecule has 1 amide bonds. The third-order valence-electron chi connectivity index (χ3n) is 4.60. The van der Waals surface area contributed by atoms with Crippen molar-refractivity contribution in [2.45, 2.75) is 18.4 Å². The van der Waals surface area contributed by atoms with Crippen LogP contribution in [0.4, 0.5) is 0 Å². The van der Waals surface area contributed by atoms with Crippen LogP contribution in [0.3, 0.4) is 0 Å². The molecule has 0 aliphatic carbocycles. The summed E-state index contributed by atoms with van der Waals surface area (Å²) in [7, 11) is -3.95. The van der Waals surface area contributed by atoms with Crippen molar-refractivity contribution in [3.05, 3.63) is 98.5 Å². The van der Waals surface area contributed by atoms with Crippen LogP contribution in [-0.2, 0) is 21.4 Å². The van der Waals surface area contributed by atoms with Gasteiger partial charge < -0.3 is 0 Å². The zero-order valence-corrected chi connectivity index (χ0v) is 20.6. The number of halogens is 3. The van der Waals surface area contributed by atoms with E-state index >= 15 is 0 Å². The topological polar surface area (TPSA) is 78.8 Å². The number of sulfonamides is 1. The highest BCUT2D eigenvalue weighted by molar-refractivity contribution is 7.89. The molecule has 0 atom stereocenters. The summed E-state index contributed by atoms with van der Waals surface area (Å²) in [6, 6.07) is 18.1. The van der Waals surface area contributed by atoms with Gasteiger partial charge in [0.25, 0.3) is 5.91 Å². The second kappa shape index (κ2) is 11.1. The summed E-state index contributed by atoms with van der Waals surface area (Å²) < 4.78 is 27.6. The van der Waals surface area contributed by atoms with E-state index in [1.807, 2.05) is 6.92 Å². The number of hydrogen-bond acceptors (Lipinski definition) is 4. The fourth-order valence-electron chi connectivity index (χ4n) is 2.85. The molecular weight excluding hydrogens is 505 g/mol. The van der Waals surface area contributed by atoms with Gasteiger partial charge >= 0.3 is 0 Å². The van der Waals surface area contributed by atoms with E-state index in [-0.39, 0.29) is 11.4 Å². The third kappa shape index (κ3) is 7.03. The molecule has 10 heteroatoms. The van der Waals surface area contributed by atoms with E-state index in [1.54, 1.807) is 54.6 Å². The Morgan fingerprint density at radius 3 is 2.27 bits per heavy atom. The maximum Gasteiger partial charge on any atom is 0.255 e. The highest BCUT2D eigenvalue weighted by atomic mass is 35.5. The van der Waals surface area contributed by atoms with Gasteiger partial charge in [0.1, 0.15) is 0 Å². The molecule has 0 aliphatic rings. The van der Waals surface area contributed by atoms with E-state index in [0.717, 1.165) is 9.87 Å². The molecule has 172 valence electrons. The van der Waals surface area contributed by atoms with Crippen LogP contribution in [0, 0.1) is 6.92 Å². The lowest BCUT2D eigenvalue weighted by Crippen LogP contribution is -2.39. The Balaban J connectivity index is 1.78. The monoisotopic (exact) mass is 523 g/mol. The van der Waals surface area contributed by atoms with Gasteiger partial charge in [-0.15, -0.1) is 0 Å². The van der Waals surface area contributed by atoms with Gasteiger partial charge in [-0.25, -0.2) is 13.8 Å². The van der Waals surface area contributed by atoms with Crippen molar-refractivity contribution >= 4 is 56.9 Å². The van der Waals surface area contributed by atoms with E-state index in [9.17, 15) is 13.2 Å². The van der Waals surface area contributed by atoms with Gasteiger partial charge in [-0.1, -0.05) is 70.7 Å². The fourth-order valence-corrected chi connectivity index (χ4v) is 4.66. The molecule has 0 unspecified atom stereocenters. The zero-order valence-electron chi connectivity index (χ0n) is 17.5. The first-order valence-electron chi connectivity index (χ1n) is 9.73. The van der Waals surface area contributed by atoms with E-state index in [0.29, 0.717) is 26.2 Å². The summed E-state index contributed by atoms with van der Waals surface area (Å²) in [5.74, 6) is -0.601. The molecule has 33 heavy (non-hydrogen) atoms. The summed E-state index contributed by atoms with van der Waals surface area (Å²) in [6.07, 6.45) is 1.39. The standard InChI is InChI=1S/C23H20Cl3N3O3S/c1-16-2-9-20(10-3-16)33(31,32)29(14-17-4-7-19(24)8-5-17)15-23(30)28-27-13-18-6-11-21(25)22(26)12-18/h2-13H,14-15H2,1H3,(H,28,30)/b27-13+. The van der Waals surface area contributed by atoms with E-state index in [2.05, 4.69) is 10.5 Å². The maximum absolute atomic E-state index is 13.3. The molecule has 3 aromatic rings. The van der Waals surface area contributed by atoms with Crippen molar-refractivity contribution in [2.75, 3.05) is 6.54 Å². The minimum absolute atomic E-state index is 0.0166. The van der Waals surface area contributed by atoms with Gasteiger partial charge in [0.05, 0.1) is 27.7 Å². The fraction of sp³-hybridized carbons (Fsp3) is 0.130. The average molecular weight is 525 g/mol. The largest absolute Gasteiger partial charge is 0.272 e. The molecule has 0 saturated heterocycles. The van der Waals surface area contributed by atoms with Crippen LogP contribution in [0.5, 0.6) is 0 Å². The lowest BCUT2D eigenvalue weighted by atomic mass is 10.2. The molecule has 1 N–H and O–H groups in total. The van der Waals surface area contributed by atoms with Crippen LogP contribution in [0.2, 0.25) is 15.1 Å². The van der Waals surface area contributed by atoms with Crippen molar-refractivity contribution in [1.29, 1.82) is 0 Å². The van der Waals surface area contributed by atoms with Gasteiger partial charge in [-0.3, -0.25) is 4.79 Å². The van der Waals surface area contributed by atoms with Crippen molar-refractivity contribution in [3.8, 4) is 0 Å². The molecule has 0 aliphatic heterocycles. The van der Waals surface area contributed by atoms with Crippen LogP contribution in [0.1, 0.15) is 16.7 Å². The van der Waals surface area contributed by atoms with E-state index < -0.39 is 22.5 Å². The van der Waals surface area contributed by atoms with Crippen molar-refractivity contribution in [2.24, 2.45) is 5.10 Å². The number of hydrazone groups is 1. The zero-order chi connectivity index (χ0) is 24.0. The summed E-state index contributed by atoms with van der Waals surface area (Å²) in [6.45, 7) is 1.41. The highest BCUT2D eigenvalue weighted by Crippen LogP contribution is 2.22. The predicted octanol–water partition coefficient (Wildman–Crippen LogP) is 5.30. The molecule has 0 heterocycles. The third-order valence-corrected chi connectivity index (χ3v) is 7.39. The number of carbonyl (C=O) groups excluding carboxylic acids is 1. The maximum atomic E-state index is 13.3. The molecular formula is C23H20Cl3N3O3S. The first-order valence-corrected chi connectivity index (χ1v) is 12.3. The number of nitrogens with zero attached hydrogens (tertiary/aromatic N) is 2. The number of aryl methyl sites for hydroxylation is 1. The number of carbonyl (C=O) groups is 1. The van der Waals surface area contributed by atoms with Crippen molar-refractivity contribution < 1.29 is 13.2 Å². The molecule has 0 fully saturated rings. The van der Waals surface area contributed by atoms with Gasteiger partial charge in [0, 0.05) is 11.6 Å². The van der Waals surface area contributed by atoms with E-state index in [4.69, 9.17) is 34.8 Å². The van der Waals surface area contributed by atoms with Gasteiger partial charge in [0.2, 0.25) is 10.0 Å². The first kappa shape index (κ1) is 25.2.